The van der Waals surface area contributed by atoms with Crippen molar-refractivity contribution in [2.45, 2.75) is 45.3 Å². The molecular formula is C17H27FN2O. The van der Waals surface area contributed by atoms with Gasteiger partial charge in [-0.3, -0.25) is 0 Å². The Morgan fingerprint density at radius 1 is 1.48 bits per heavy atom. The average molecular weight is 294 g/mol. The second-order valence-corrected chi connectivity index (χ2v) is 6.14. The van der Waals surface area contributed by atoms with Gasteiger partial charge in [0.2, 0.25) is 0 Å². The Hall–Kier alpha value is -1.13. The molecule has 0 radical (unpaired) electrons. The van der Waals surface area contributed by atoms with Crippen molar-refractivity contribution < 1.29 is 9.13 Å². The zero-order valence-corrected chi connectivity index (χ0v) is 13.6. The van der Waals surface area contributed by atoms with Gasteiger partial charge in [0.15, 0.2) is 0 Å². The maximum atomic E-state index is 14.5. The lowest BCUT2D eigenvalue weighted by Crippen LogP contribution is -2.48. The fraction of sp³-hybridized carbons (Fsp3) is 0.647. The van der Waals surface area contributed by atoms with Crippen molar-refractivity contribution in [3.05, 3.63) is 29.6 Å². The zero-order chi connectivity index (χ0) is 15.5. The maximum Gasteiger partial charge on any atom is 0.146 e. The van der Waals surface area contributed by atoms with E-state index in [1.807, 2.05) is 6.07 Å². The summed E-state index contributed by atoms with van der Waals surface area (Å²) in [5, 5.41) is 3.38. The standard InChI is InChI=1S/C17H27FN2O/c1-5-19-13(2)14-8-6-9-15(18)16(14)20-11-7-10-17(3,12-20)21-4/h6,8-9,13,19H,5,7,10-12H2,1-4H3. The zero-order valence-electron chi connectivity index (χ0n) is 13.6. The van der Waals surface area contributed by atoms with Crippen LogP contribution in [-0.4, -0.2) is 32.3 Å². The normalized spacial score (nSPS) is 24.1. The molecule has 4 heteroatoms. The minimum atomic E-state index is -0.195. The van der Waals surface area contributed by atoms with E-state index in [0.29, 0.717) is 0 Å². The van der Waals surface area contributed by atoms with Crippen LogP contribution >= 0.6 is 0 Å². The minimum Gasteiger partial charge on any atom is -0.377 e. The number of methoxy groups -OCH3 is 1. The van der Waals surface area contributed by atoms with Crippen LogP contribution in [0.15, 0.2) is 18.2 Å². The molecule has 0 bridgehead atoms. The van der Waals surface area contributed by atoms with Crippen LogP contribution in [0.4, 0.5) is 10.1 Å². The first kappa shape index (κ1) is 16.2. The molecule has 1 aliphatic heterocycles. The first-order valence-electron chi connectivity index (χ1n) is 7.82. The number of ether oxygens (including phenoxy) is 1. The van der Waals surface area contributed by atoms with Crippen molar-refractivity contribution in [3.8, 4) is 0 Å². The van der Waals surface area contributed by atoms with Gasteiger partial charge >= 0.3 is 0 Å². The quantitative estimate of drug-likeness (QED) is 0.899. The molecular weight excluding hydrogens is 267 g/mol. The van der Waals surface area contributed by atoms with Gasteiger partial charge in [0, 0.05) is 26.2 Å². The third-order valence-corrected chi connectivity index (χ3v) is 4.46. The van der Waals surface area contributed by atoms with Crippen molar-refractivity contribution in [2.75, 3.05) is 31.6 Å². The maximum absolute atomic E-state index is 14.5. The number of benzene rings is 1. The van der Waals surface area contributed by atoms with Gasteiger partial charge in [-0.25, -0.2) is 4.39 Å². The van der Waals surface area contributed by atoms with Crippen LogP contribution < -0.4 is 10.2 Å². The van der Waals surface area contributed by atoms with Crippen LogP contribution in [0.25, 0.3) is 0 Å². The molecule has 0 spiro atoms. The number of hydrogen-bond acceptors (Lipinski definition) is 3. The molecule has 0 amide bonds. The van der Waals surface area contributed by atoms with E-state index in [9.17, 15) is 4.39 Å². The molecule has 1 aliphatic rings. The van der Waals surface area contributed by atoms with Crippen LogP contribution in [0, 0.1) is 5.82 Å². The van der Waals surface area contributed by atoms with Gasteiger partial charge in [-0.2, -0.15) is 0 Å². The molecule has 1 saturated heterocycles. The largest absolute Gasteiger partial charge is 0.377 e. The Morgan fingerprint density at radius 2 is 2.24 bits per heavy atom. The van der Waals surface area contributed by atoms with E-state index in [1.54, 1.807) is 19.2 Å². The molecule has 21 heavy (non-hydrogen) atoms. The van der Waals surface area contributed by atoms with Crippen molar-refractivity contribution >= 4 is 5.69 Å². The summed E-state index contributed by atoms with van der Waals surface area (Å²) in [5.74, 6) is -0.141. The Kier molecular flexibility index (Phi) is 5.22. The van der Waals surface area contributed by atoms with Crippen molar-refractivity contribution in [2.24, 2.45) is 0 Å². The topological polar surface area (TPSA) is 24.5 Å². The monoisotopic (exact) mass is 294 g/mol. The number of piperidine rings is 1. The third kappa shape index (κ3) is 3.55. The van der Waals surface area contributed by atoms with Crippen molar-refractivity contribution in [1.29, 1.82) is 0 Å². The van der Waals surface area contributed by atoms with E-state index >= 15 is 0 Å². The van der Waals surface area contributed by atoms with E-state index in [0.717, 1.165) is 43.7 Å². The number of nitrogens with one attached hydrogen (secondary N) is 1. The second-order valence-electron chi connectivity index (χ2n) is 6.14. The van der Waals surface area contributed by atoms with Gasteiger partial charge in [0.05, 0.1) is 11.3 Å². The van der Waals surface area contributed by atoms with E-state index in [2.05, 4.69) is 31.0 Å². The van der Waals surface area contributed by atoms with Gasteiger partial charge in [0.1, 0.15) is 5.82 Å². The van der Waals surface area contributed by atoms with Crippen LogP contribution in [0.1, 0.15) is 45.2 Å². The first-order chi connectivity index (χ1) is 10.0. The fourth-order valence-electron chi connectivity index (χ4n) is 3.19. The highest BCUT2D eigenvalue weighted by atomic mass is 19.1. The van der Waals surface area contributed by atoms with Crippen LogP contribution in [0.2, 0.25) is 0 Å². The number of anilines is 1. The van der Waals surface area contributed by atoms with Crippen molar-refractivity contribution in [3.63, 3.8) is 0 Å². The van der Waals surface area contributed by atoms with Gasteiger partial charge < -0.3 is 15.0 Å². The predicted octanol–water partition coefficient (Wildman–Crippen LogP) is 3.50. The highest BCUT2D eigenvalue weighted by molar-refractivity contribution is 5.57. The Balaban J connectivity index is 2.33. The summed E-state index contributed by atoms with van der Waals surface area (Å²) >= 11 is 0. The third-order valence-electron chi connectivity index (χ3n) is 4.46. The van der Waals surface area contributed by atoms with Gasteiger partial charge in [-0.05, 0) is 44.9 Å². The first-order valence-corrected chi connectivity index (χ1v) is 7.82. The fourth-order valence-corrected chi connectivity index (χ4v) is 3.19. The van der Waals surface area contributed by atoms with E-state index < -0.39 is 0 Å². The van der Waals surface area contributed by atoms with Crippen LogP contribution in [0.3, 0.4) is 0 Å². The van der Waals surface area contributed by atoms with Crippen molar-refractivity contribution in [1.82, 2.24) is 5.32 Å². The molecule has 1 aromatic rings. The molecule has 1 fully saturated rings. The Morgan fingerprint density at radius 3 is 2.90 bits per heavy atom. The molecule has 1 aromatic carbocycles. The van der Waals surface area contributed by atoms with Gasteiger partial charge in [-0.15, -0.1) is 0 Å². The minimum absolute atomic E-state index is 0.136. The summed E-state index contributed by atoms with van der Waals surface area (Å²) in [6.45, 7) is 8.74. The molecule has 2 unspecified atom stereocenters. The lowest BCUT2D eigenvalue weighted by molar-refractivity contribution is -0.00481. The summed E-state index contributed by atoms with van der Waals surface area (Å²) in [6, 6.07) is 5.50. The summed E-state index contributed by atoms with van der Waals surface area (Å²) in [6.07, 6.45) is 2.04. The molecule has 1 N–H and O–H groups in total. The number of halogens is 1. The number of para-hydroxylation sites is 1. The Labute approximate surface area is 127 Å². The highest BCUT2D eigenvalue weighted by Gasteiger charge is 2.33. The molecule has 2 rings (SSSR count). The molecule has 2 atom stereocenters. The van der Waals surface area contributed by atoms with E-state index in [1.165, 1.54) is 0 Å². The van der Waals surface area contributed by atoms with E-state index in [-0.39, 0.29) is 17.5 Å². The average Bonchev–Trinajstić information content (AvgIpc) is 2.47. The highest BCUT2D eigenvalue weighted by Crippen LogP contribution is 2.34. The summed E-state index contributed by atoms with van der Waals surface area (Å²) in [4.78, 5) is 2.14. The second kappa shape index (κ2) is 6.75. The molecule has 118 valence electrons. The Bertz CT molecular complexity index is 480. The summed E-state index contributed by atoms with van der Waals surface area (Å²) in [5.41, 5.74) is 1.56. The van der Waals surface area contributed by atoms with Crippen LogP contribution in [0.5, 0.6) is 0 Å². The summed E-state index contributed by atoms with van der Waals surface area (Å²) < 4.78 is 20.1. The molecule has 3 nitrogen and oxygen atoms in total. The predicted molar refractivity (Wildman–Crippen MR) is 85.4 cm³/mol. The molecule has 0 aromatic heterocycles. The SMILES string of the molecule is CCNC(C)c1cccc(F)c1N1CCCC(C)(OC)C1. The summed E-state index contributed by atoms with van der Waals surface area (Å²) in [7, 11) is 1.74. The number of nitrogens with zero attached hydrogens (tertiary/aromatic N) is 1. The number of hydrogen-bond donors (Lipinski definition) is 1. The van der Waals surface area contributed by atoms with Gasteiger partial charge in [-0.1, -0.05) is 19.1 Å². The smallest absolute Gasteiger partial charge is 0.146 e. The number of rotatable bonds is 5. The van der Waals surface area contributed by atoms with Crippen LogP contribution in [-0.2, 0) is 4.74 Å². The molecule has 0 saturated carbocycles. The molecule has 1 heterocycles. The lowest BCUT2D eigenvalue weighted by Gasteiger charge is -2.41. The van der Waals surface area contributed by atoms with Gasteiger partial charge in [0.25, 0.3) is 0 Å². The lowest BCUT2D eigenvalue weighted by atomic mass is 9.93. The van der Waals surface area contributed by atoms with E-state index in [4.69, 9.17) is 4.74 Å². The molecule has 0 aliphatic carbocycles.